The average molecular weight is 401 g/mol. The van der Waals surface area contributed by atoms with Gasteiger partial charge in [-0.25, -0.2) is 4.98 Å². The zero-order valence-corrected chi connectivity index (χ0v) is 15.3. The van der Waals surface area contributed by atoms with Gasteiger partial charge in [0, 0.05) is 26.1 Å². The number of aromatic amines is 1. The van der Waals surface area contributed by atoms with Crippen LogP contribution in [0.5, 0.6) is 0 Å². The molecule has 1 spiro atoms. The van der Waals surface area contributed by atoms with Gasteiger partial charge < -0.3 is 9.72 Å². The molecule has 0 radical (unpaired) electrons. The van der Waals surface area contributed by atoms with Gasteiger partial charge in [-0.2, -0.15) is 13.2 Å². The second kappa shape index (κ2) is 6.60. The molecule has 0 saturated carbocycles. The lowest BCUT2D eigenvalue weighted by Crippen LogP contribution is -2.36. The van der Waals surface area contributed by atoms with E-state index in [0.717, 1.165) is 24.6 Å². The van der Waals surface area contributed by atoms with Crippen molar-refractivity contribution in [2.45, 2.75) is 24.6 Å². The lowest BCUT2D eigenvalue weighted by molar-refractivity contribution is -0.137. The van der Waals surface area contributed by atoms with Crippen LogP contribution in [0.15, 0.2) is 48.5 Å². The van der Waals surface area contributed by atoms with Crippen LogP contribution in [0, 0.1) is 0 Å². The largest absolute Gasteiger partial charge is 0.417 e. The number of hydroxylamine groups is 1. The lowest BCUT2D eigenvalue weighted by atomic mass is 9.94. The highest BCUT2D eigenvalue weighted by atomic mass is 19.4. The van der Waals surface area contributed by atoms with Gasteiger partial charge in [-0.3, -0.25) is 10.3 Å². The Morgan fingerprint density at radius 3 is 2.62 bits per heavy atom. The van der Waals surface area contributed by atoms with Crippen LogP contribution in [0.2, 0.25) is 0 Å². The van der Waals surface area contributed by atoms with Gasteiger partial charge in [-0.05, 0) is 35.4 Å². The summed E-state index contributed by atoms with van der Waals surface area (Å²) in [6.07, 6.45) is -0.907. The Bertz CT molecular complexity index is 1100. The molecule has 1 saturated heterocycles. The van der Waals surface area contributed by atoms with Gasteiger partial charge in [-0.15, -0.1) is 0 Å². The maximum atomic E-state index is 13.4. The molecule has 5 nitrogen and oxygen atoms in total. The first-order chi connectivity index (χ1) is 13.9. The summed E-state index contributed by atoms with van der Waals surface area (Å²) in [4.78, 5) is 13.5. The van der Waals surface area contributed by atoms with Gasteiger partial charge in [-0.1, -0.05) is 24.3 Å². The first-order valence-corrected chi connectivity index (χ1v) is 9.35. The Labute approximate surface area is 164 Å². The number of hydrogen-bond donors (Lipinski definition) is 2. The number of benzene rings is 2. The third-order valence-electron chi connectivity index (χ3n) is 5.39. The number of ether oxygens (including phenoxy) is 1. The molecule has 3 aromatic rings. The minimum atomic E-state index is -4.42. The molecule has 150 valence electrons. The molecule has 1 aromatic heterocycles. The van der Waals surface area contributed by atoms with Crippen molar-refractivity contribution in [2.75, 3.05) is 13.2 Å². The van der Waals surface area contributed by atoms with Crippen LogP contribution in [0.25, 0.3) is 27.9 Å². The van der Waals surface area contributed by atoms with Crippen molar-refractivity contribution in [1.82, 2.24) is 15.4 Å². The Balaban J connectivity index is 1.52. The molecule has 8 heteroatoms. The van der Waals surface area contributed by atoms with Gasteiger partial charge >= 0.3 is 6.18 Å². The molecule has 2 aliphatic heterocycles. The highest BCUT2D eigenvalue weighted by Crippen LogP contribution is 2.38. The summed E-state index contributed by atoms with van der Waals surface area (Å²) in [5, 5.41) is 0. The van der Waals surface area contributed by atoms with Gasteiger partial charge in [0.2, 0.25) is 0 Å². The predicted molar refractivity (Wildman–Crippen MR) is 102 cm³/mol. The molecule has 0 amide bonds. The van der Waals surface area contributed by atoms with E-state index in [9.17, 15) is 13.2 Å². The molecule has 0 aliphatic carbocycles. The van der Waals surface area contributed by atoms with Crippen LogP contribution in [-0.2, 0) is 15.8 Å². The maximum absolute atomic E-state index is 13.4. The normalized spacial score (nSPS) is 18.8. The lowest BCUT2D eigenvalue weighted by Gasteiger charge is -2.29. The molecule has 0 bridgehead atoms. The second-order valence-corrected chi connectivity index (χ2v) is 7.30. The number of fused-ring (bicyclic) bond motifs is 1. The summed E-state index contributed by atoms with van der Waals surface area (Å²) in [6.45, 7) is 1.27. The number of H-pyrrole nitrogens is 1. The molecule has 0 atom stereocenters. The smallest absolute Gasteiger partial charge is 0.381 e. The van der Waals surface area contributed by atoms with E-state index in [2.05, 4.69) is 15.4 Å². The third kappa shape index (κ3) is 3.28. The second-order valence-electron chi connectivity index (χ2n) is 7.30. The number of alkyl halides is 3. The fourth-order valence-corrected chi connectivity index (χ4v) is 3.85. The highest BCUT2D eigenvalue weighted by molar-refractivity contribution is 5.84. The zero-order valence-electron chi connectivity index (χ0n) is 15.3. The molecule has 1 fully saturated rings. The topological polar surface area (TPSA) is 59.2 Å². The number of nitrogens with zero attached hydrogens (tertiary/aromatic N) is 1. The van der Waals surface area contributed by atoms with Gasteiger partial charge in [0.15, 0.2) is 5.82 Å². The van der Waals surface area contributed by atoms with E-state index in [1.165, 1.54) is 12.1 Å². The van der Waals surface area contributed by atoms with Crippen molar-refractivity contribution in [2.24, 2.45) is 0 Å². The van der Waals surface area contributed by atoms with Crippen LogP contribution in [0.3, 0.4) is 0 Å². The van der Waals surface area contributed by atoms with Crippen molar-refractivity contribution in [3.63, 3.8) is 0 Å². The van der Waals surface area contributed by atoms with E-state index in [0.29, 0.717) is 35.6 Å². The summed E-state index contributed by atoms with van der Waals surface area (Å²) < 4.78 is 45.5. The van der Waals surface area contributed by atoms with Crippen molar-refractivity contribution in [3.05, 3.63) is 59.9 Å². The Hall–Kier alpha value is -2.84. The molecule has 29 heavy (non-hydrogen) atoms. The first-order valence-electron chi connectivity index (χ1n) is 9.35. The average Bonchev–Trinajstić information content (AvgIpc) is 3.32. The van der Waals surface area contributed by atoms with Crippen molar-refractivity contribution >= 4 is 16.7 Å². The fraction of sp³-hybridized carbons (Fsp3) is 0.286. The summed E-state index contributed by atoms with van der Waals surface area (Å²) in [7, 11) is 0. The van der Waals surface area contributed by atoms with Gasteiger partial charge in [0.05, 0.1) is 16.6 Å². The van der Waals surface area contributed by atoms with E-state index in [4.69, 9.17) is 9.57 Å². The molecule has 2 aromatic carbocycles. The Morgan fingerprint density at radius 1 is 1.03 bits per heavy atom. The number of hydrogen-bond acceptors (Lipinski definition) is 4. The molecular weight excluding hydrogens is 383 g/mol. The standard InChI is InChI=1S/C21H18F3N3O2/c22-21(23,24)15-4-2-1-3-14(15)13-5-6-16-17(11-13)26-19(25-16)18-12-20(29-27-18)7-9-28-10-8-20/h1-6,11-12,27H,7-10H2,(H,25,26). The van der Waals surface area contributed by atoms with Crippen molar-refractivity contribution in [1.29, 1.82) is 0 Å². The van der Waals surface area contributed by atoms with Crippen molar-refractivity contribution in [3.8, 4) is 11.1 Å². The molecule has 0 unspecified atom stereocenters. The van der Waals surface area contributed by atoms with E-state index >= 15 is 0 Å². The van der Waals surface area contributed by atoms with E-state index in [1.807, 2.05) is 6.08 Å². The van der Waals surface area contributed by atoms with Crippen LogP contribution < -0.4 is 5.48 Å². The summed E-state index contributed by atoms with van der Waals surface area (Å²) in [5.74, 6) is 0.588. The summed E-state index contributed by atoms with van der Waals surface area (Å²) >= 11 is 0. The quantitative estimate of drug-likeness (QED) is 0.655. The van der Waals surface area contributed by atoms with Crippen LogP contribution in [0.1, 0.15) is 24.2 Å². The SMILES string of the molecule is FC(F)(F)c1ccccc1-c1ccc2nc(C3=CC4(CCOCC4)ON3)[nH]c2c1. The molecule has 3 heterocycles. The summed E-state index contributed by atoms with van der Waals surface area (Å²) in [6, 6.07) is 10.6. The monoisotopic (exact) mass is 401 g/mol. The highest BCUT2D eigenvalue weighted by Gasteiger charge is 2.38. The van der Waals surface area contributed by atoms with E-state index < -0.39 is 17.3 Å². The fourth-order valence-electron chi connectivity index (χ4n) is 3.85. The van der Waals surface area contributed by atoms with Crippen molar-refractivity contribution < 1.29 is 22.7 Å². The first kappa shape index (κ1) is 18.2. The maximum Gasteiger partial charge on any atom is 0.417 e. The van der Waals surface area contributed by atoms with E-state index in [-0.39, 0.29) is 5.56 Å². The van der Waals surface area contributed by atoms with Crippen LogP contribution in [0.4, 0.5) is 13.2 Å². The molecule has 2 N–H and O–H groups in total. The summed E-state index contributed by atoms with van der Waals surface area (Å²) in [5.41, 5.74) is 4.54. The number of halogens is 3. The Morgan fingerprint density at radius 2 is 1.83 bits per heavy atom. The van der Waals surface area contributed by atoms with Crippen LogP contribution >= 0.6 is 0 Å². The molecule has 5 rings (SSSR count). The van der Waals surface area contributed by atoms with Gasteiger partial charge in [0.1, 0.15) is 11.3 Å². The van der Waals surface area contributed by atoms with Gasteiger partial charge in [0.25, 0.3) is 0 Å². The van der Waals surface area contributed by atoms with E-state index in [1.54, 1.807) is 24.3 Å². The third-order valence-corrected chi connectivity index (χ3v) is 5.39. The van der Waals surface area contributed by atoms with Crippen LogP contribution in [-0.4, -0.2) is 28.8 Å². The predicted octanol–water partition coefficient (Wildman–Crippen LogP) is 4.67. The number of imidazole rings is 1. The Kier molecular flexibility index (Phi) is 4.15. The molecule has 2 aliphatic rings. The minimum absolute atomic E-state index is 0.140. The number of aromatic nitrogens is 2. The zero-order chi connectivity index (χ0) is 20.1. The minimum Gasteiger partial charge on any atom is -0.381 e. The molecular formula is C21H18F3N3O2. The number of rotatable bonds is 2. The number of nitrogens with one attached hydrogen (secondary N) is 2.